The summed E-state index contributed by atoms with van der Waals surface area (Å²) in [5.41, 5.74) is -0.198. The maximum Gasteiger partial charge on any atom is 0.167 e. The number of aliphatic hydroxyl groups excluding tert-OH is 1. The lowest BCUT2D eigenvalue weighted by atomic mass is 9.88. The van der Waals surface area contributed by atoms with Gasteiger partial charge in [-0.2, -0.15) is 0 Å². The first-order valence-corrected chi connectivity index (χ1v) is 9.63. The first-order chi connectivity index (χ1) is 14.2. The summed E-state index contributed by atoms with van der Waals surface area (Å²) in [7, 11) is 0. The minimum atomic E-state index is -1.16. The van der Waals surface area contributed by atoms with E-state index in [2.05, 4.69) is 15.0 Å². The number of allylic oxidation sites excluding steroid dienone is 6. The molecule has 0 aliphatic heterocycles. The Bertz CT molecular complexity index is 1100. The summed E-state index contributed by atoms with van der Waals surface area (Å²) < 4.78 is 27.0. The molecule has 1 heterocycles. The van der Waals surface area contributed by atoms with Gasteiger partial charge in [0, 0.05) is 17.9 Å². The molecule has 2 aliphatic carbocycles. The Morgan fingerprint density at radius 1 is 1.03 bits per heavy atom. The maximum absolute atomic E-state index is 13.6. The maximum atomic E-state index is 13.6. The number of hydrogen-bond donors (Lipinski definition) is 2. The van der Waals surface area contributed by atoms with E-state index in [1.165, 1.54) is 24.3 Å². The Kier molecular flexibility index (Phi) is 5.07. The van der Waals surface area contributed by atoms with Crippen molar-refractivity contribution in [2.24, 2.45) is 5.92 Å². The molecule has 0 spiro atoms. The highest BCUT2D eigenvalue weighted by atomic mass is 19.1. The van der Waals surface area contributed by atoms with Gasteiger partial charge in [0.25, 0.3) is 0 Å². The van der Waals surface area contributed by atoms with Crippen LogP contribution < -0.4 is 0 Å². The van der Waals surface area contributed by atoms with E-state index in [1.54, 1.807) is 37.3 Å². The van der Waals surface area contributed by atoms with Gasteiger partial charge in [-0.25, -0.2) is 23.7 Å². The molecule has 5 nitrogen and oxygen atoms in total. The van der Waals surface area contributed by atoms with E-state index in [-0.39, 0.29) is 41.5 Å². The third-order valence-corrected chi connectivity index (χ3v) is 5.19. The first kappa shape index (κ1) is 20.1. The van der Waals surface area contributed by atoms with E-state index in [9.17, 15) is 19.0 Å². The molecule has 0 fully saturated rings. The highest BCUT2D eigenvalue weighted by molar-refractivity contribution is 5.74. The van der Waals surface area contributed by atoms with Gasteiger partial charge in [-0.05, 0) is 55.3 Å². The topological polar surface area (TPSA) is 79.1 Å². The van der Waals surface area contributed by atoms with E-state index < -0.39 is 5.60 Å². The molecule has 1 aromatic heterocycles. The van der Waals surface area contributed by atoms with E-state index in [0.717, 1.165) is 0 Å². The third-order valence-electron chi connectivity index (χ3n) is 5.19. The molecule has 3 unspecified atom stereocenters. The van der Waals surface area contributed by atoms with Crippen LogP contribution in [0.25, 0.3) is 17.0 Å². The van der Waals surface area contributed by atoms with E-state index in [4.69, 9.17) is 0 Å². The molecule has 0 saturated carbocycles. The molecule has 0 amide bonds. The fourth-order valence-electron chi connectivity index (χ4n) is 3.55. The molecule has 0 saturated heterocycles. The van der Waals surface area contributed by atoms with Crippen LogP contribution in [0.3, 0.4) is 0 Å². The van der Waals surface area contributed by atoms with Gasteiger partial charge in [0.1, 0.15) is 23.2 Å². The molecular formula is C23H21F2N3O2. The van der Waals surface area contributed by atoms with Crippen LogP contribution in [-0.2, 0) is 0 Å². The monoisotopic (exact) mass is 409 g/mol. The van der Waals surface area contributed by atoms with Crippen molar-refractivity contribution >= 4 is 5.57 Å². The number of aliphatic hydroxyl groups is 2. The molecule has 2 N–H and O–H groups in total. The van der Waals surface area contributed by atoms with Crippen molar-refractivity contribution in [1.82, 2.24) is 15.0 Å². The zero-order chi connectivity index (χ0) is 21.5. The summed E-state index contributed by atoms with van der Waals surface area (Å²) in [6, 6.07) is 5.75. The van der Waals surface area contributed by atoms with Crippen molar-refractivity contribution in [2.75, 3.05) is 0 Å². The Labute approximate surface area is 172 Å². The van der Waals surface area contributed by atoms with Crippen LogP contribution >= 0.6 is 0 Å². The summed E-state index contributed by atoms with van der Waals surface area (Å²) in [5.74, 6) is -0.239. The zero-order valence-corrected chi connectivity index (χ0v) is 16.5. The normalized spacial score (nSPS) is 26.1. The molecular weight excluding hydrogens is 388 g/mol. The van der Waals surface area contributed by atoms with Crippen molar-refractivity contribution in [2.45, 2.75) is 31.8 Å². The third kappa shape index (κ3) is 4.07. The lowest BCUT2D eigenvalue weighted by molar-refractivity contribution is 0.0974. The number of hydrogen-bond acceptors (Lipinski definition) is 5. The minimum Gasteiger partial charge on any atom is -0.511 e. The highest BCUT2D eigenvalue weighted by Gasteiger charge is 2.28. The number of nitrogens with zero attached hydrogens (tertiary/aromatic N) is 3. The fourth-order valence-corrected chi connectivity index (χ4v) is 3.55. The van der Waals surface area contributed by atoms with Gasteiger partial charge >= 0.3 is 0 Å². The molecule has 0 radical (unpaired) electrons. The van der Waals surface area contributed by atoms with Crippen LogP contribution in [0, 0.1) is 11.7 Å². The summed E-state index contributed by atoms with van der Waals surface area (Å²) in [6.45, 7) is 3.46. The molecule has 2 aliphatic rings. The van der Waals surface area contributed by atoms with E-state index in [0.29, 0.717) is 22.8 Å². The molecule has 30 heavy (non-hydrogen) atoms. The molecule has 2 aromatic rings. The molecule has 1 aromatic carbocycles. The Morgan fingerprint density at radius 2 is 1.73 bits per heavy atom. The second-order valence-electron chi connectivity index (χ2n) is 7.87. The zero-order valence-electron chi connectivity index (χ0n) is 16.5. The largest absolute Gasteiger partial charge is 0.511 e. The van der Waals surface area contributed by atoms with Crippen LogP contribution in [0.15, 0.2) is 66.2 Å². The second kappa shape index (κ2) is 7.57. The summed E-state index contributed by atoms with van der Waals surface area (Å²) in [6.07, 6.45) is 7.75. The van der Waals surface area contributed by atoms with Gasteiger partial charge in [-0.1, -0.05) is 19.1 Å². The number of halogens is 2. The first-order valence-electron chi connectivity index (χ1n) is 9.63. The van der Waals surface area contributed by atoms with E-state index >= 15 is 0 Å². The Balaban J connectivity index is 1.84. The van der Waals surface area contributed by atoms with Crippen LogP contribution in [-0.4, -0.2) is 30.8 Å². The lowest BCUT2D eigenvalue weighted by Gasteiger charge is -2.24. The van der Waals surface area contributed by atoms with Crippen molar-refractivity contribution in [3.8, 4) is 11.4 Å². The average molecular weight is 409 g/mol. The number of rotatable bonds is 3. The van der Waals surface area contributed by atoms with Gasteiger partial charge in [0.15, 0.2) is 11.6 Å². The fraction of sp³-hybridized carbons (Fsp3) is 0.261. The molecule has 7 heteroatoms. The minimum absolute atomic E-state index is 0.0272. The van der Waals surface area contributed by atoms with Gasteiger partial charge in [0.2, 0.25) is 0 Å². The summed E-state index contributed by atoms with van der Waals surface area (Å²) >= 11 is 0. The molecule has 154 valence electrons. The summed E-state index contributed by atoms with van der Waals surface area (Å²) in [4.78, 5) is 13.6. The average Bonchev–Trinajstić information content (AvgIpc) is 2.67. The van der Waals surface area contributed by atoms with Crippen LogP contribution in [0.5, 0.6) is 0 Å². The summed E-state index contributed by atoms with van der Waals surface area (Å²) in [5, 5.41) is 20.7. The predicted octanol–water partition coefficient (Wildman–Crippen LogP) is 4.80. The Hall–Kier alpha value is -3.19. The quantitative estimate of drug-likeness (QED) is 0.761. The smallest absolute Gasteiger partial charge is 0.167 e. The van der Waals surface area contributed by atoms with Crippen molar-refractivity contribution in [3.05, 3.63) is 83.7 Å². The van der Waals surface area contributed by atoms with Crippen molar-refractivity contribution < 1.29 is 19.0 Å². The predicted molar refractivity (Wildman–Crippen MR) is 109 cm³/mol. The van der Waals surface area contributed by atoms with Gasteiger partial charge in [-0.15, -0.1) is 0 Å². The molecule has 3 atom stereocenters. The highest BCUT2D eigenvalue weighted by Crippen LogP contribution is 2.34. The standard InChI is InChI=1S/C23H21F2N3O2/c1-13-11-16(25)7-8-17(13)21-26-20(14-3-5-15(24)6-4-14)27-22(28-21)18-9-10-23(2,30)12-19(18)29/h3-11,13,17,29-30H,12H2,1-2H3. The molecule has 0 bridgehead atoms. The van der Waals surface area contributed by atoms with Gasteiger partial charge < -0.3 is 10.2 Å². The second-order valence-corrected chi connectivity index (χ2v) is 7.87. The van der Waals surface area contributed by atoms with Gasteiger partial charge in [0.05, 0.1) is 11.2 Å². The molecule has 4 rings (SSSR count). The number of aromatic nitrogens is 3. The SMILES string of the molecule is CC1C=C(F)C=CC1c1nc(C2=C(O)CC(C)(O)C=C2)nc(-c2ccc(F)cc2)n1. The Morgan fingerprint density at radius 3 is 2.40 bits per heavy atom. The van der Waals surface area contributed by atoms with Crippen molar-refractivity contribution in [1.29, 1.82) is 0 Å². The lowest BCUT2D eigenvalue weighted by Crippen LogP contribution is -2.24. The number of benzene rings is 1. The van der Waals surface area contributed by atoms with Gasteiger partial charge in [-0.3, -0.25) is 0 Å². The van der Waals surface area contributed by atoms with Crippen molar-refractivity contribution in [3.63, 3.8) is 0 Å². The van der Waals surface area contributed by atoms with Crippen LogP contribution in [0.2, 0.25) is 0 Å². The van der Waals surface area contributed by atoms with Crippen LogP contribution in [0.4, 0.5) is 8.78 Å². The van der Waals surface area contributed by atoms with E-state index in [1.807, 2.05) is 6.92 Å². The van der Waals surface area contributed by atoms with Crippen LogP contribution in [0.1, 0.15) is 37.8 Å².